The number of hydrogen-bond acceptors (Lipinski definition) is 4. The Labute approximate surface area is 150 Å². The van der Waals surface area contributed by atoms with E-state index in [-0.39, 0.29) is 6.42 Å². The summed E-state index contributed by atoms with van der Waals surface area (Å²) < 4.78 is 0. The van der Waals surface area contributed by atoms with Gasteiger partial charge in [-0.25, -0.2) is 0 Å². The molecule has 4 N–H and O–H groups in total. The van der Waals surface area contributed by atoms with Crippen LogP contribution in [0.25, 0.3) is 0 Å². The smallest absolute Gasteiger partial charge is 0.303 e. The molecule has 0 fully saturated rings. The van der Waals surface area contributed by atoms with Crippen molar-refractivity contribution in [1.29, 1.82) is 0 Å². The molecule has 0 heterocycles. The van der Waals surface area contributed by atoms with Crippen LogP contribution >= 0.6 is 0 Å². The van der Waals surface area contributed by atoms with E-state index in [4.69, 9.17) is 5.11 Å². The van der Waals surface area contributed by atoms with Crippen LogP contribution in [0.3, 0.4) is 0 Å². The Hall–Kier alpha value is -1.69. The first-order valence-electron chi connectivity index (χ1n) is 8.91. The van der Waals surface area contributed by atoms with Crippen molar-refractivity contribution in [3.8, 4) is 0 Å². The lowest BCUT2D eigenvalue weighted by molar-refractivity contribution is -0.137. The molecule has 5 heteroatoms. The SMILES string of the molecule is CCCCC[C@H](O)[C@H](O)/C=C/C=C/C=C/C=C/[C@H](O)CCCC(=O)O. The highest BCUT2D eigenvalue weighted by molar-refractivity contribution is 5.66. The third-order valence-corrected chi connectivity index (χ3v) is 3.59. The molecule has 0 amide bonds. The molecule has 0 aromatic rings. The van der Waals surface area contributed by atoms with E-state index >= 15 is 0 Å². The minimum atomic E-state index is -0.855. The molecule has 0 aromatic carbocycles. The molecule has 3 atom stereocenters. The highest BCUT2D eigenvalue weighted by atomic mass is 16.4. The highest BCUT2D eigenvalue weighted by Crippen LogP contribution is 2.07. The average molecular weight is 352 g/mol. The van der Waals surface area contributed by atoms with Crippen molar-refractivity contribution in [2.45, 2.75) is 70.2 Å². The minimum Gasteiger partial charge on any atom is -0.481 e. The first-order valence-corrected chi connectivity index (χ1v) is 8.91. The van der Waals surface area contributed by atoms with Gasteiger partial charge in [-0.2, -0.15) is 0 Å². The van der Waals surface area contributed by atoms with Gasteiger partial charge in [0.05, 0.1) is 18.3 Å². The molecular formula is C20H32O5. The molecular weight excluding hydrogens is 320 g/mol. The Bertz CT molecular complexity index is 451. The second-order valence-corrected chi connectivity index (χ2v) is 5.95. The zero-order valence-corrected chi connectivity index (χ0v) is 15.0. The Morgan fingerprint density at radius 2 is 1.44 bits per heavy atom. The maximum atomic E-state index is 10.4. The first kappa shape index (κ1) is 23.3. The summed E-state index contributed by atoms with van der Waals surface area (Å²) in [7, 11) is 0. The topological polar surface area (TPSA) is 98.0 Å². The molecule has 0 aromatic heterocycles. The molecule has 5 nitrogen and oxygen atoms in total. The maximum Gasteiger partial charge on any atom is 0.303 e. The minimum absolute atomic E-state index is 0.0644. The molecule has 0 aliphatic carbocycles. The third kappa shape index (κ3) is 15.6. The van der Waals surface area contributed by atoms with E-state index in [0.717, 1.165) is 19.3 Å². The number of allylic oxidation sites excluding steroid dienone is 6. The molecule has 0 radical (unpaired) electrons. The quantitative estimate of drug-likeness (QED) is 0.284. The van der Waals surface area contributed by atoms with Crippen molar-refractivity contribution in [3.05, 3.63) is 48.6 Å². The second-order valence-electron chi connectivity index (χ2n) is 5.95. The van der Waals surface area contributed by atoms with E-state index in [1.165, 1.54) is 0 Å². The number of aliphatic carboxylic acids is 1. The lowest BCUT2D eigenvalue weighted by atomic mass is 10.1. The van der Waals surface area contributed by atoms with Gasteiger partial charge in [0.2, 0.25) is 0 Å². The van der Waals surface area contributed by atoms with Crippen molar-refractivity contribution >= 4 is 5.97 Å². The molecule has 25 heavy (non-hydrogen) atoms. The van der Waals surface area contributed by atoms with Crippen molar-refractivity contribution in [2.24, 2.45) is 0 Å². The van der Waals surface area contributed by atoms with E-state index in [9.17, 15) is 20.1 Å². The molecule has 0 unspecified atom stereocenters. The Morgan fingerprint density at radius 3 is 2.04 bits per heavy atom. The van der Waals surface area contributed by atoms with E-state index in [0.29, 0.717) is 19.3 Å². The van der Waals surface area contributed by atoms with Crippen molar-refractivity contribution in [1.82, 2.24) is 0 Å². The van der Waals surface area contributed by atoms with Crippen LogP contribution in [0.2, 0.25) is 0 Å². The molecule has 0 aliphatic rings. The van der Waals surface area contributed by atoms with Crippen molar-refractivity contribution < 1.29 is 25.2 Å². The van der Waals surface area contributed by atoms with Crippen LogP contribution in [0, 0.1) is 0 Å². The number of rotatable bonds is 14. The molecule has 0 rings (SSSR count). The standard InChI is InChI=1S/C20H32O5/c1-2-3-8-14-18(22)19(23)15-10-7-5-4-6-9-12-17(21)13-11-16-20(24)25/h4-7,9-10,12,15,17-19,21-23H,2-3,8,11,13-14,16H2,1H3,(H,24,25)/b6-4+,7-5+,12-9+,15-10+/t17-,18-,19+/m0/s1. The van der Waals surface area contributed by atoms with Gasteiger partial charge >= 0.3 is 5.97 Å². The van der Waals surface area contributed by atoms with Gasteiger partial charge in [0.25, 0.3) is 0 Å². The van der Waals surface area contributed by atoms with Crippen molar-refractivity contribution in [3.63, 3.8) is 0 Å². The Balaban J connectivity index is 3.96. The number of carboxylic acids is 1. The van der Waals surface area contributed by atoms with E-state index in [2.05, 4.69) is 6.92 Å². The van der Waals surface area contributed by atoms with Crippen LogP contribution in [0.5, 0.6) is 0 Å². The highest BCUT2D eigenvalue weighted by Gasteiger charge is 2.11. The van der Waals surface area contributed by atoms with Gasteiger partial charge in [0.15, 0.2) is 0 Å². The summed E-state index contributed by atoms with van der Waals surface area (Å²) >= 11 is 0. The van der Waals surface area contributed by atoms with Crippen LogP contribution in [0.4, 0.5) is 0 Å². The maximum absolute atomic E-state index is 10.4. The number of carbonyl (C=O) groups is 1. The fourth-order valence-corrected chi connectivity index (χ4v) is 2.09. The van der Waals surface area contributed by atoms with Gasteiger partial charge in [-0.05, 0) is 19.3 Å². The van der Waals surface area contributed by atoms with E-state index in [1.54, 1.807) is 48.6 Å². The molecule has 0 aliphatic heterocycles. The summed E-state index contributed by atoms with van der Waals surface area (Å²) in [5.74, 6) is -0.854. The van der Waals surface area contributed by atoms with Gasteiger partial charge in [0, 0.05) is 6.42 Å². The summed E-state index contributed by atoms with van der Waals surface area (Å²) in [5, 5.41) is 37.6. The molecule has 0 spiro atoms. The fourth-order valence-electron chi connectivity index (χ4n) is 2.09. The number of unbranched alkanes of at least 4 members (excludes halogenated alkanes) is 2. The molecule has 0 bridgehead atoms. The van der Waals surface area contributed by atoms with Crippen LogP contribution in [0.1, 0.15) is 51.9 Å². The Morgan fingerprint density at radius 1 is 0.840 bits per heavy atom. The normalized spacial score (nSPS) is 16.3. The average Bonchev–Trinajstić information content (AvgIpc) is 2.56. The molecule has 142 valence electrons. The van der Waals surface area contributed by atoms with Crippen LogP contribution in [-0.2, 0) is 4.79 Å². The third-order valence-electron chi connectivity index (χ3n) is 3.59. The summed E-state index contributed by atoms with van der Waals surface area (Å²) in [4.78, 5) is 10.4. The number of hydrogen-bond donors (Lipinski definition) is 4. The Kier molecular flexibility index (Phi) is 14.7. The summed E-state index contributed by atoms with van der Waals surface area (Å²) in [6.45, 7) is 2.09. The van der Waals surface area contributed by atoms with Crippen LogP contribution < -0.4 is 0 Å². The molecule has 0 saturated carbocycles. The van der Waals surface area contributed by atoms with Gasteiger partial charge in [0.1, 0.15) is 0 Å². The molecule has 0 saturated heterocycles. The van der Waals surface area contributed by atoms with E-state index < -0.39 is 24.3 Å². The van der Waals surface area contributed by atoms with Crippen LogP contribution in [0.15, 0.2) is 48.6 Å². The predicted octanol–water partition coefficient (Wildman–Crippen LogP) is 3.13. The number of carboxylic acid groups (broad SMARTS) is 1. The summed E-state index contributed by atoms with van der Waals surface area (Å²) in [6.07, 6.45) is 16.0. The van der Waals surface area contributed by atoms with Gasteiger partial charge in [-0.3, -0.25) is 4.79 Å². The fraction of sp³-hybridized carbons (Fsp3) is 0.550. The van der Waals surface area contributed by atoms with Crippen molar-refractivity contribution in [2.75, 3.05) is 0 Å². The predicted molar refractivity (Wildman–Crippen MR) is 100 cm³/mol. The largest absolute Gasteiger partial charge is 0.481 e. The zero-order valence-electron chi connectivity index (χ0n) is 15.0. The number of aliphatic hydroxyl groups excluding tert-OH is 3. The second kappa shape index (κ2) is 15.8. The van der Waals surface area contributed by atoms with Gasteiger partial charge in [-0.15, -0.1) is 0 Å². The summed E-state index contributed by atoms with van der Waals surface area (Å²) in [5.41, 5.74) is 0. The number of aliphatic hydroxyl groups is 3. The summed E-state index contributed by atoms with van der Waals surface area (Å²) in [6, 6.07) is 0. The van der Waals surface area contributed by atoms with E-state index in [1.807, 2.05) is 0 Å². The van der Waals surface area contributed by atoms with Gasteiger partial charge < -0.3 is 20.4 Å². The first-order chi connectivity index (χ1) is 12.0. The zero-order chi connectivity index (χ0) is 18.9. The van der Waals surface area contributed by atoms with Gasteiger partial charge in [-0.1, -0.05) is 74.8 Å². The lowest BCUT2D eigenvalue weighted by Gasteiger charge is -2.13. The lowest BCUT2D eigenvalue weighted by Crippen LogP contribution is -2.23. The van der Waals surface area contributed by atoms with Crippen LogP contribution in [-0.4, -0.2) is 44.7 Å². The monoisotopic (exact) mass is 352 g/mol.